The van der Waals surface area contributed by atoms with Gasteiger partial charge in [-0.1, -0.05) is 17.7 Å². The van der Waals surface area contributed by atoms with E-state index in [1.165, 1.54) is 0 Å². The number of hydrogen-bond acceptors (Lipinski definition) is 3. The minimum Gasteiger partial charge on any atom is -0.508 e. The highest BCUT2D eigenvalue weighted by atomic mass is 35.5. The highest BCUT2D eigenvalue weighted by Gasteiger charge is 2.03. The molecule has 4 heteroatoms. The van der Waals surface area contributed by atoms with Crippen molar-refractivity contribution in [2.45, 2.75) is 0 Å². The number of anilines is 2. The van der Waals surface area contributed by atoms with Crippen molar-refractivity contribution >= 4 is 33.9 Å². The van der Waals surface area contributed by atoms with Crippen LogP contribution < -0.4 is 5.32 Å². The second-order valence-electron chi connectivity index (χ2n) is 4.20. The third-order valence-corrected chi connectivity index (χ3v) is 3.06. The second kappa shape index (κ2) is 4.78. The molecule has 0 fully saturated rings. The number of halogens is 1. The number of aromatic nitrogens is 1. The monoisotopic (exact) mass is 270 g/mol. The second-order valence-corrected chi connectivity index (χ2v) is 4.63. The molecular weight excluding hydrogens is 260 g/mol. The molecule has 3 nitrogen and oxygen atoms in total. The molecule has 0 unspecified atom stereocenters. The fourth-order valence-corrected chi connectivity index (χ4v) is 2.14. The lowest BCUT2D eigenvalue weighted by molar-refractivity contribution is 0.475. The molecule has 0 bridgehead atoms. The standard InChI is InChI=1S/C15H11ClN2O/c16-10-4-5-14-13(8-10)15(6-7-17-14)18-11-2-1-3-12(19)9-11/h1-9,19H,(H,17,18). The Balaban J connectivity index is 2.07. The molecule has 94 valence electrons. The maximum Gasteiger partial charge on any atom is 0.117 e. The third kappa shape index (κ3) is 2.46. The summed E-state index contributed by atoms with van der Waals surface area (Å²) in [6.07, 6.45) is 1.74. The van der Waals surface area contributed by atoms with Gasteiger partial charge in [-0.25, -0.2) is 0 Å². The predicted octanol–water partition coefficient (Wildman–Crippen LogP) is 4.34. The summed E-state index contributed by atoms with van der Waals surface area (Å²) in [6.45, 7) is 0. The lowest BCUT2D eigenvalue weighted by Crippen LogP contribution is -1.92. The molecule has 19 heavy (non-hydrogen) atoms. The van der Waals surface area contributed by atoms with Gasteiger partial charge in [-0.05, 0) is 36.4 Å². The Morgan fingerprint density at radius 1 is 1.05 bits per heavy atom. The van der Waals surface area contributed by atoms with E-state index >= 15 is 0 Å². The lowest BCUT2D eigenvalue weighted by Gasteiger charge is -2.09. The Labute approximate surface area is 115 Å². The predicted molar refractivity (Wildman–Crippen MR) is 78.1 cm³/mol. The molecule has 2 N–H and O–H groups in total. The molecule has 0 saturated carbocycles. The number of benzene rings is 2. The first-order valence-electron chi connectivity index (χ1n) is 5.83. The van der Waals surface area contributed by atoms with E-state index in [1.807, 2.05) is 30.3 Å². The molecule has 0 amide bonds. The molecule has 1 heterocycles. The van der Waals surface area contributed by atoms with Gasteiger partial charge in [0.2, 0.25) is 0 Å². The zero-order chi connectivity index (χ0) is 13.2. The van der Waals surface area contributed by atoms with E-state index in [4.69, 9.17) is 11.6 Å². The van der Waals surface area contributed by atoms with Gasteiger partial charge in [0, 0.05) is 34.0 Å². The minimum atomic E-state index is 0.224. The Bertz CT molecular complexity index is 743. The normalized spacial score (nSPS) is 10.6. The average molecular weight is 271 g/mol. The highest BCUT2D eigenvalue weighted by Crippen LogP contribution is 2.28. The van der Waals surface area contributed by atoms with Crippen LogP contribution in [0.3, 0.4) is 0 Å². The SMILES string of the molecule is Oc1cccc(Nc2ccnc3ccc(Cl)cc23)c1. The Morgan fingerprint density at radius 3 is 2.79 bits per heavy atom. The summed E-state index contributed by atoms with van der Waals surface area (Å²) >= 11 is 6.02. The van der Waals surface area contributed by atoms with Crippen molar-refractivity contribution in [1.82, 2.24) is 4.98 Å². The Morgan fingerprint density at radius 2 is 1.95 bits per heavy atom. The Kier molecular flexibility index (Phi) is 2.97. The highest BCUT2D eigenvalue weighted by molar-refractivity contribution is 6.31. The molecule has 0 radical (unpaired) electrons. The van der Waals surface area contributed by atoms with Crippen LogP contribution in [0.2, 0.25) is 5.02 Å². The largest absolute Gasteiger partial charge is 0.508 e. The van der Waals surface area contributed by atoms with Crippen molar-refractivity contribution in [3.05, 3.63) is 59.8 Å². The fraction of sp³-hybridized carbons (Fsp3) is 0. The maximum absolute atomic E-state index is 9.48. The first-order valence-corrected chi connectivity index (χ1v) is 6.20. The van der Waals surface area contributed by atoms with Crippen molar-refractivity contribution in [2.24, 2.45) is 0 Å². The van der Waals surface area contributed by atoms with Crippen LogP contribution in [0, 0.1) is 0 Å². The topological polar surface area (TPSA) is 45.1 Å². The van der Waals surface area contributed by atoms with Gasteiger partial charge in [0.1, 0.15) is 5.75 Å². The number of phenols is 1. The van der Waals surface area contributed by atoms with Crippen LogP contribution in [-0.2, 0) is 0 Å². The van der Waals surface area contributed by atoms with E-state index in [0.717, 1.165) is 22.3 Å². The molecular formula is C15H11ClN2O. The summed E-state index contributed by atoms with van der Waals surface area (Å²) in [5.74, 6) is 0.224. The van der Waals surface area contributed by atoms with Crippen LogP contribution in [0.5, 0.6) is 5.75 Å². The van der Waals surface area contributed by atoms with Crippen molar-refractivity contribution < 1.29 is 5.11 Å². The van der Waals surface area contributed by atoms with Gasteiger partial charge in [0.25, 0.3) is 0 Å². The van der Waals surface area contributed by atoms with Crippen molar-refractivity contribution in [3.8, 4) is 5.75 Å². The summed E-state index contributed by atoms with van der Waals surface area (Å²) in [6, 6.07) is 14.4. The van der Waals surface area contributed by atoms with Gasteiger partial charge in [0.05, 0.1) is 5.52 Å². The van der Waals surface area contributed by atoms with Crippen molar-refractivity contribution in [3.63, 3.8) is 0 Å². The number of nitrogens with zero attached hydrogens (tertiary/aromatic N) is 1. The summed E-state index contributed by atoms with van der Waals surface area (Å²) in [5, 5.41) is 14.3. The van der Waals surface area contributed by atoms with E-state index in [0.29, 0.717) is 5.02 Å². The average Bonchev–Trinajstić information content (AvgIpc) is 2.39. The minimum absolute atomic E-state index is 0.224. The molecule has 0 aliphatic rings. The van der Waals surface area contributed by atoms with E-state index in [-0.39, 0.29) is 5.75 Å². The third-order valence-electron chi connectivity index (χ3n) is 2.83. The number of hydrogen-bond donors (Lipinski definition) is 2. The van der Waals surface area contributed by atoms with Gasteiger partial charge in [-0.3, -0.25) is 4.98 Å². The number of fused-ring (bicyclic) bond motifs is 1. The number of rotatable bonds is 2. The van der Waals surface area contributed by atoms with E-state index in [1.54, 1.807) is 24.4 Å². The summed E-state index contributed by atoms with van der Waals surface area (Å²) in [5.41, 5.74) is 2.58. The molecule has 0 aliphatic heterocycles. The first kappa shape index (κ1) is 11.8. The Hall–Kier alpha value is -2.26. The number of phenolic OH excluding ortho intramolecular Hbond substituents is 1. The molecule has 3 aromatic rings. The van der Waals surface area contributed by atoms with E-state index in [9.17, 15) is 5.11 Å². The number of pyridine rings is 1. The van der Waals surface area contributed by atoms with Crippen LogP contribution in [0.4, 0.5) is 11.4 Å². The van der Waals surface area contributed by atoms with Crippen LogP contribution in [0.15, 0.2) is 54.7 Å². The van der Waals surface area contributed by atoms with Gasteiger partial charge < -0.3 is 10.4 Å². The van der Waals surface area contributed by atoms with Gasteiger partial charge in [0.15, 0.2) is 0 Å². The maximum atomic E-state index is 9.48. The van der Waals surface area contributed by atoms with Gasteiger partial charge >= 0.3 is 0 Å². The van der Waals surface area contributed by atoms with Crippen LogP contribution in [0.25, 0.3) is 10.9 Å². The molecule has 2 aromatic carbocycles. The zero-order valence-corrected chi connectivity index (χ0v) is 10.7. The lowest BCUT2D eigenvalue weighted by atomic mass is 10.2. The molecule has 0 spiro atoms. The molecule has 1 aromatic heterocycles. The van der Waals surface area contributed by atoms with Crippen molar-refractivity contribution in [1.29, 1.82) is 0 Å². The smallest absolute Gasteiger partial charge is 0.117 e. The molecule has 0 saturated heterocycles. The summed E-state index contributed by atoms with van der Waals surface area (Å²) in [4.78, 5) is 4.29. The quantitative estimate of drug-likeness (QED) is 0.728. The first-order chi connectivity index (χ1) is 9.22. The summed E-state index contributed by atoms with van der Waals surface area (Å²) < 4.78 is 0. The van der Waals surface area contributed by atoms with Gasteiger partial charge in [-0.2, -0.15) is 0 Å². The molecule has 0 aliphatic carbocycles. The number of nitrogens with one attached hydrogen (secondary N) is 1. The molecule has 0 atom stereocenters. The number of aromatic hydroxyl groups is 1. The van der Waals surface area contributed by atoms with E-state index < -0.39 is 0 Å². The van der Waals surface area contributed by atoms with Gasteiger partial charge in [-0.15, -0.1) is 0 Å². The fourth-order valence-electron chi connectivity index (χ4n) is 1.97. The van der Waals surface area contributed by atoms with Crippen LogP contribution >= 0.6 is 11.6 Å². The summed E-state index contributed by atoms with van der Waals surface area (Å²) in [7, 11) is 0. The van der Waals surface area contributed by atoms with Crippen LogP contribution in [0.1, 0.15) is 0 Å². The molecule has 3 rings (SSSR count). The van der Waals surface area contributed by atoms with Crippen LogP contribution in [-0.4, -0.2) is 10.1 Å². The van der Waals surface area contributed by atoms with E-state index in [2.05, 4.69) is 10.3 Å². The van der Waals surface area contributed by atoms with Crippen molar-refractivity contribution in [2.75, 3.05) is 5.32 Å². The zero-order valence-electron chi connectivity index (χ0n) is 9.97.